The van der Waals surface area contributed by atoms with E-state index in [9.17, 15) is 0 Å². The third-order valence-electron chi connectivity index (χ3n) is 1.19. The molecule has 0 aliphatic carbocycles. The van der Waals surface area contributed by atoms with Gasteiger partial charge in [-0.05, 0) is 12.8 Å². The monoisotopic (exact) mass is 153 g/mol. The van der Waals surface area contributed by atoms with E-state index >= 15 is 0 Å². The molecular weight excluding hydrogens is 138 g/mol. The average molecular weight is 153 g/mol. The van der Waals surface area contributed by atoms with E-state index in [1.54, 1.807) is 0 Å². The Balaban J connectivity index is 2.91. The van der Waals surface area contributed by atoms with Crippen molar-refractivity contribution in [2.45, 2.75) is 26.2 Å². The number of nitrogens with zero attached hydrogens (tertiary/aromatic N) is 1. The van der Waals surface area contributed by atoms with Crippen molar-refractivity contribution in [3.8, 4) is 6.07 Å². The number of nitriles is 1. The lowest BCUT2D eigenvalue weighted by molar-refractivity contribution is 0.144. The molecule has 0 amide bonds. The Bertz CT molecular complexity index is 135. The molecule has 0 fully saturated rings. The first-order valence-electron chi connectivity index (χ1n) is 4.01. The highest BCUT2D eigenvalue weighted by molar-refractivity contribution is 4.79. The minimum atomic E-state index is 0.498. The summed E-state index contributed by atoms with van der Waals surface area (Å²) in [6.45, 7) is 3.40. The molecule has 0 atom stereocenters. The third-order valence-corrected chi connectivity index (χ3v) is 1.19. The molecule has 0 saturated heterocycles. The van der Waals surface area contributed by atoms with Gasteiger partial charge in [0.1, 0.15) is 0 Å². The van der Waals surface area contributed by atoms with Crippen molar-refractivity contribution < 1.29 is 4.74 Å². The summed E-state index contributed by atoms with van der Waals surface area (Å²) in [5.41, 5.74) is 0. The van der Waals surface area contributed by atoms with Crippen molar-refractivity contribution in [2.24, 2.45) is 0 Å². The van der Waals surface area contributed by atoms with Crippen LogP contribution in [-0.4, -0.2) is 13.2 Å². The summed E-state index contributed by atoms with van der Waals surface area (Å²) in [5, 5.41) is 8.16. The van der Waals surface area contributed by atoms with Gasteiger partial charge in [-0.15, -0.1) is 0 Å². The lowest BCUT2D eigenvalue weighted by atomic mass is 10.3. The molecule has 0 radical (unpaired) electrons. The lowest BCUT2D eigenvalue weighted by Gasteiger charge is -1.96. The molecule has 0 rings (SSSR count). The second kappa shape index (κ2) is 9.19. The zero-order valence-corrected chi connectivity index (χ0v) is 7.05. The Kier molecular flexibility index (Phi) is 8.51. The molecule has 0 aromatic heterocycles. The number of allylic oxidation sites excluding steroid dienone is 1. The lowest BCUT2D eigenvalue weighted by Crippen LogP contribution is -1.94. The van der Waals surface area contributed by atoms with Crippen LogP contribution in [0.5, 0.6) is 0 Å². The first-order valence-corrected chi connectivity index (χ1v) is 4.01. The van der Waals surface area contributed by atoms with E-state index in [0.717, 1.165) is 19.4 Å². The van der Waals surface area contributed by atoms with Gasteiger partial charge in [0.2, 0.25) is 0 Å². The van der Waals surface area contributed by atoms with Gasteiger partial charge < -0.3 is 4.74 Å². The summed E-state index contributed by atoms with van der Waals surface area (Å²) in [7, 11) is 0. The van der Waals surface area contributed by atoms with Gasteiger partial charge >= 0.3 is 0 Å². The Labute approximate surface area is 68.5 Å². The van der Waals surface area contributed by atoms with Crippen LogP contribution >= 0.6 is 0 Å². The number of rotatable bonds is 6. The SMILES string of the molecule is CC/C=C/CCOCCC#N. The molecule has 0 aliphatic heterocycles. The minimum absolute atomic E-state index is 0.498. The van der Waals surface area contributed by atoms with Crippen molar-refractivity contribution in [3.05, 3.63) is 12.2 Å². The highest BCUT2D eigenvalue weighted by Gasteiger charge is 1.83. The van der Waals surface area contributed by atoms with Crippen LogP contribution in [0.15, 0.2) is 12.2 Å². The summed E-state index contributed by atoms with van der Waals surface area (Å²) >= 11 is 0. The summed E-state index contributed by atoms with van der Waals surface area (Å²) in [6.07, 6.45) is 6.76. The molecule has 0 saturated carbocycles. The van der Waals surface area contributed by atoms with Crippen LogP contribution in [-0.2, 0) is 4.74 Å². The molecule has 0 bridgehead atoms. The van der Waals surface area contributed by atoms with Gasteiger partial charge in [0.25, 0.3) is 0 Å². The normalized spacial score (nSPS) is 10.2. The molecule has 2 heteroatoms. The summed E-state index contributed by atoms with van der Waals surface area (Å²) in [5.74, 6) is 0. The van der Waals surface area contributed by atoms with Crippen LogP contribution in [0.1, 0.15) is 26.2 Å². The summed E-state index contributed by atoms with van der Waals surface area (Å²) in [6, 6.07) is 2.03. The minimum Gasteiger partial charge on any atom is -0.380 e. The Morgan fingerprint density at radius 2 is 2.18 bits per heavy atom. The van der Waals surface area contributed by atoms with Gasteiger partial charge in [-0.2, -0.15) is 5.26 Å². The largest absolute Gasteiger partial charge is 0.380 e. The molecule has 2 nitrogen and oxygen atoms in total. The standard InChI is InChI=1S/C9H15NO/c1-2-3-4-5-8-11-9-6-7-10/h3-4H,2,5-6,8-9H2,1H3/b4-3+. The Morgan fingerprint density at radius 1 is 1.36 bits per heavy atom. The Hall–Kier alpha value is -0.810. The van der Waals surface area contributed by atoms with Crippen molar-refractivity contribution in [3.63, 3.8) is 0 Å². The molecule has 62 valence electrons. The number of ether oxygens (including phenoxy) is 1. The van der Waals surface area contributed by atoms with Gasteiger partial charge in [0.05, 0.1) is 25.7 Å². The van der Waals surface area contributed by atoms with Gasteiger partial charge in [0, 0.05) is 0 Å². The zero-order valence-electron chi connectivity index (χ0n) is 7.05. The quantitative estimate of drug-likeness (QED) is 0.433. The molecular formula is C9H15NO. The van der Waals surface area contributed by atoms with Crippen LogP contribution in [0.4, 0.5) is 0 Å². The third kappa shape index (κ3) is 9.19. The fourth-order valence-electron chi connectivity index (χ4n) is 0.656. The van der Waals surface area contributed by atoms with Crippen molar-refractivity contribution in [1.29, 1.82) is 5.26 Å². The topological polar surface area (TPSA) is 33.0 Å². The van der Waals surface area contributed by atoms with Crippen LogP contribution in [0.3, 0.4) is 0 Å². The first kappa shape index (κ1) is 10.2. The average Bonchev–Trinajstić information content (AvgIpc) is 2.03. The van der Waals surface area contributed by atoms with E-state index in [4.69, 9.17) is 10.00 Å². The van der Waals surface area contributed by atoms with Crippen LogP contribution in [0.2, 0.25) is 0 Å². The maximum atomic E-state index is 8.16. The molecule has 0 unspecified atom stereocenters. The molecule has 0 aromatic carbocycles. The highest BCUT2D eigenvalue weighted by atomic mass is 16.5. The van der Waals surface area contributed by atoms with E-state index in [2.05, 4.69) is 19.1 Å². The van der Waals surface area contributed by atoms with Gasteiger partial charge in [-0.1, -0.05) is 19.1 Å². The van der Waals surface area contributed by atoms with Crippen LogP contribution in [0.25, 0.3) is 0 Å². The molecule has 0 aromatic rings. The number of hydrogen-bond acceptors (Lipinski definition) is 2. The molecule has 0 heterocycles. The molecule has 11 heavy (non-hydrogen) atoms. The highest BCUT2D eigenvalue weighted by Crippen LogP contribution is 1.88. The van der Waals surface area contributed by atoms with Crippen molar-refractivity contribution in [1.82, 2.24) is 0 Å². The number of hydrogen-bond donors (Lipinski definition) is 0. The van der Waals surface area contributed by atoms with E-state index in [1.807, 2.05) is 6.07 Å². The first-order chi connectivity index (χ1) is 5.41. The van der Waals surface area contributed by atoms with Crippen molar-refractivity contribution >= 4 is 0 Å². The fraction of sp³-hybridized carbons (Fsp3) is 0.667. The van der Waals surface area contributed by atoms with Crippen molar-refractivity contribution in [2.75, 3.05) is 13.2 Å². The second-order valence-electron chi connectivity index (χ2n) is 2.19. The van der Waals surface area contributed by atoms with Gasteiger partial charge in [-0.3, -0.25) is 0 Å². The molecule has 0 N–H and O–H groups in total. The Morgan fingerprint density at radius 3 is 2.82 bits per heavy atom. The zero-order chi connectivity index (χ0) is 8.36. The second-order valence-corrected chi connectivity index (χ2v) is 2.19. The summed E-state index contributed by atoms with van der Waals surface area (Å²) < 4.78 is 5.15. The van der Waals surface area contributed by atoms with Gasteiger partial charge in [-0.25, -0.2) is 0 Å². The maximum absolute atomic E-state index is 8.16. The smallest absolute Gasteiger partial charge is 0.0645 e. The van der Waals surface area contributed by atoms with E-state index in [1.165, 1.54) is 0 Å². The van der Waals surface area contributed by atoms with Crippen LogP contribution < -0.4 is 0 Å². The summed E-state index contributed by atoms with van der Waals surface area (Å²) in [4.78, 5) is 0. The predicted octanol–water partition coefficient (Wildman–Crippen LogP) is 2.27. The predicted molar refractivity (Wildman–Crippen MR) is 45.1 cm³/mol. The molecule has 0 spiro atoms. The van der Waals surface area contributed by atoms with E-state index in [-0.39, 0.29) is 0 Å². The van der Waals surface area contributed by atoms with Crippen LogP contribution in [0, 0.1) is 11.3 Å². The van der Waals surface area contributed by atoms with E-state index < -0.39 is 0 Å². The van der Waals surface area contributed by atoms with Gasteiger partial charge in [0.15, 0.2) is 0 Å². The fourth-order valence-corrected chi connectivity index (χ4v) is 0.656. The molecule has 0 aliphatic rings. The van der Waals surface area contributed by atoms with E-state index in [0.29, 0.717) is 13.0 Å². The maximum Gasteiger partial charge on any atom is 0.0645 e.